The largest absolute Gasteiger partial charge is 0.378 e. The fourth-order valence-corrected chi connectivity index (χ4v) is 2.12. The highest BCUT2D eigenvalue weighted by atomic mass is 16.1. The summed E-state index contributed by atoms with van der Waals surface area (Å²) in [7, 11) is 4.02. The Balaban J connectivity index is 1.95. The lowest BCUT2D eigenvalue weighted by Crippen LogP contribution is -2.13. The maximum absolute atomic E-state index is 11.7. The minimum absolute atomic E-state index is 0.0155. The molecule has 0 saturated heterocycles. The van der Waals surface area contributed by atoms with Gasteiger partial charge in [0, 0.05) is 31.9 Å². The molecule has 23 heavy (non-hydrogen) atoms. The Labute approximate surface area is 137 Å². The normalized spacial score (nSPS) is 10.5. The first-order chi connectivity index (χ1) is 10.9. The number of nitrogens with one attached hydrogen (secondary N) is 2. The summed E-state index contributed by atoms with van der Waals surface area (Å²) in [5.41, 5.74) is 2.83. The zero-order valence-corrected chi connectivity index (χ0v) is 14.1. The fraction of sp³-hybridized carbons (Fsp3) is 0.333. The van der Waals surface area contributed by atoms with Crippen LogP contribution in [0, 0.1) is 5.92 Å². The van der Waals surface area contributed by atoms with E-state index in [1.807, 2.05) is 64.3 Å². The highest BCUT2D eigenvalue weighted by Gasteiger charge is 2.05. The highest BCUT2D eigenvalue weighted by molar-refractivity contribution is 5.90. The summed E-state index contributed by atoms with van der Waals surface area (Å²) in [6.45, 7) is 4.04. The molecular formula is C18H24N4O. The van der Waals surface area contributed by atoms with Crippen molar-refractivity contribution in [3.63, 3.8) is 0 Å². The molecule has 1 heterocycles. The van der Waals surface area contributed by atoms with Crippen LogP contribution in [0.1, 0.15) is 20.3 Å². The molecule has 1 aromatic carbocycles. The van der Waals surface area contributed by atoms with Crippen molar-refractivity contribution in [1.29, 1.82) is 0 Å². The van der Waals surface area contributed by atoms with Gasteiger partial charge in [-0.05, 0) is 42.3 Å². The Bertz CT molecular complexity index is 633. The quantitative estimate of drug-likeness (QED) is 0.850. The first-order valence-corrected chi connectivity index (χ1v) is 7.74. The summed E-state index contributed by atoms with van der Waals surface area (Å²) in [4.78, 5) is 18.1. The minimum atomic E-state index is 0.0155. The predicted octanol–water partition coefficient (Wildman–Crippen LogP) is 3.88. The fourth-order valence-electron chi connectivity index (χ4n) is 2.12. The molecule has 0 aliphatic carbocycles. The van der Waals surface area contributed by atoms with Crippen LogP contribution >= 0.6 is 0 Å². The number of carbonyl (C=O) groups is 1. The molecule has 2 rings (SSSR count). The van der Waals surface area contributed by atoms with Crippen molar-refractivity contribution in [3.8, 4) is 0 Å². The minimum Gasteiger partial charge on any atom is -0.378 e. The first kappa shape index (κ1) is 16.8. The van der Waals surface area contributed by atoms with Crippen LogP contribution in [0.15, 0.2) is 42.6 Å². The number of hydrogen-bond donors (Lipinski definition) is 2. The lowest BCUT2D eigenvalue weighted by atomic mass is 10.1. The lowest BCUT2D eigenvalue weighted by Gasteiger charge is -2.13. The zero-order valence-electron chi connectivity index (χ0n) is 14.1. The molecule has 0 spiro atoms. The Morgan fingerprint density at radius 3 is 2.26 bits per heavy atom. The lowest BCUT2D eigenvalue weighted by molar-refractivity contribution is -0.116. The second kappa shape index (κ2) is 7.63. The number of aromatic nitrogens is 1. The SMILES string of the molecule is CC(C)CC(=O)Nc1ccc(Nc2ccc(N(C)C)cc2)nc1. The number of amides is 1. The maximum atomic E-state index is 11.7. The average molecular weight is 312 g/mol. The van der Waals surface area contributed by atoms with Crippen molar-refractivity contribution in [2.24, 2.45) is 5.92 Å². The number of benzene rings is 1. The smallest absolute Gasteiger partial charge is 0.224 e. The number of carbonyl (C=O) groups excluding carboxylic acids is 1. The standard InChI is InChI=1S/C18H24N4O/c1-13(2)11-18(23)21-15-7-10-17(19-12-15)20-14-5-8-16(9-6-14)22(3)4/h5-10,12-13H,11H2,1-4H3,(H,19,20)(H,21,23). The van der Waals surface area contributed by atoms with Crippen molar-refractivity contribution in [2.75, 3.05) is 29.6 Å². The third-order valence-corrected chi connectivity index (χ3v) is 3.30. The Morgan fingerprint density at radius 2 is 1.74 bits per heavy atom. The van der Waals surface area contributed by atoms with Gasteiger partial charge in [-0.25, -0.2) is 4.98 Å². The van der Waals surface area contributed by atoms with Gasteiger partial charge in [-0.3, -0.25) is 4.79 Å². The molecule has 0 aliphatic rings. The molecule has 0 unspecified atom stereocenters. The van der Waals surface area contributed by atoms with Crippen LogP contribution in [-0.2, 0) is 4.79 Å². The molecule has 0 aliphatic heterocycles. The number of nitrogens with zero attached hydrogens (tertiary/aromatic N) is 2. The molecular weight excluding hydrogens is 288 g/mol. The molecule has 122 valence electrons. The van der Waals surface area contributed by atoms with Gasteiger partial charge in [0.1, 0.15) is 5.82 Å². The second-order valence-corrected chi connectivity index (χ2v) is 6.14. The summed E-state index contributed by atoms with van der Waals surface area (Å²) in [6.07, 6.45) is 2.17. The molecule has 0 bridgehead atoms. The third kappa shape index (κ3) is 5.29. The summed E-state index contributed by atoms with van der Waals surface area (Å²) < 4.78 is 0. The van der Waals surface area contributed by atoms with Crippen molar-refractivity contribution < 1.29 is 4.79 Å². The Kier molecular flexibility index (Phi) is 5.57. The van der Waals surface area contributed by atoms with E-state index < -0.39 is 0 Å². The van der Waals surface area contributed by atoms with E-state index in [9.17, 15) is 4.79 Å². The van der Waals surface area contributed by atoms with E-state index >= 15 is 0 Å². The van der Waals surface area contributed by atoms with Crippen LogP contribution < -0.4 is 15.5 Å². The third-order valence-electron chi connectivity index (χ3n) is 3.30. The van der Waals surface area contributed by atoms with E-state index in [-0.39, 0.29) is 5.91 Å². The van der Waals surface area contributed by atoms with Crippen molar-refractivity contribution in [1.82, 2.24) is 4.98 Å². The summed E-state index contributed by atoms with van der Waals surface area (Å²) in [5, 5.41) is 6.09. The van der Waals surface area contributed by atoms with E-state index in [0.717, 1.165) is 17.2 Å². The second-order valence-electron chi connectivity index (χ2n) is 6.14. The van der Waals surface area contributed by atoms with Gasteiger partial charge in [0.25, 0.3) is 0 Å². The van der Waals surface area contributed by atoms with Gasteiger partial charge in [0.05, 0.1) is 11.9 Å². The Hall–Kier alpha value is -2.56. The van der Waals surface area contributed by atoms with E-state index in [1.165, 1.54) is 0 Å². The monoisotopic (exact) mass is 312 g/mol. The molecule has 5 heteroatoms. The molecule has 0 radical (unpaired) electrons. The van der Waals surface area contributed by atoms with E-state index in [1.54, 1.807) is 6.20 Å². The van der Waals surface area contributed by atoms with Gasteiger partial charge < -0.3 is 15.5 Å². The molecule has 2 N–H and O–H groups in total. The predicted molar refractivity (Wildman–Crippen MR) is 96.4 cm³/mol. The van der Waals surface area contributed by atoms with Gasteiger partial charge in [-0.1, -0.05) is 13.8 Å². The van der Waals surface area contributed by atoms with Crippen LogP contribution in [0.5, 0.6) is 0 Å². The molecule has 1 aromatic heterocycles. The zero-order chi connectivity index (χ0) is 16.8. The molecule has 0 saturated carbocycles. The average Bonchev–Trinajstić information content (AvgIpc) is 2.49. The van der Waals surface area contributed by atoms with E-state index in [2.05, 4.69) is 20.5 Å². The molecule has 5 nitrogen and oxygen atoms in total. The van der Waals surface area contributed by atoms with Gasteiger partial charge in [-0.15, -0.1) is 0 Å². The van der Waals surface area contributed by atoms with Crippen molar-refractivity contribution >= 4 is 28.8 Å². The summed E-state index contributed by atoms with van der Waals surface area (Å²) in [5.74, 6) is 1.10. The van der Waals surface area contributed by atoms with Gasteiger partial charge in [0.15, 0.2) is 0 Å². The van der Waals surface area contributed by atoms with Gasteiger partial charge in [-0.2, -0.15) is 0 Å². The number of pyridine rings is 1. The first-order valence-electron chi connectivity index (χ1n) is 7.74. The summed E-state index contributed by atoms with van der Waals surface area (Å²) in [6, 6.07) is 11.8. The maximum Gasteiger partial charge on any atom is 0.224 e. The molecule has 0 atom stereocenters. The van der Waals surface area contributed by atoms with E-state index in [0.29, 0.717) is 18.0 Å². The Morgan fingerprint density at radius 1 is 1.09 bits per heavy atom. The molecule has 0 fully saturated rings. The van der Waals surface area contributed by atoms with Crippen LogP contribution in [0.3, 0.4) is 0 Å². The van der Waals surface area contributed by atoms with Crippen LogP contribution in [0.4, 0.5) is 22.9 Å². The molecule has 1 amide bonds. The van der Waals surface area contributed by atoms with Crippen LogP contribution in [0.2, 0.25) is 0 Å². The number of anilines is 4. The number of rotatable bonds is 6. The van der Waals surface area contributed by atoms with Crippen molar-refractivity contribution in [2.45, 2.75) is 20.3 Å². The highest BCUT2D eigenvalue weighted by Crippen LogP contribution is 2.19. The van der Waals surface area contributed by atoms with E-state index in [4.69, 9.17) is 0 Å². The summed E-state index contributed by atoms with van der Waals surface area (Å²) >= 11 is 0. The molecule has 2 aromatic rings. The van der Waals surface area contributed by atoms with Crippen LogP contribution in [-0.4, -0.2) is 25.0 Å². The topological polar surface area (TPSA) is 57.3 Å². The van der Waals surface area contributed by atoms with Gasteiger partial charge >= 0.3 is 0 Å². The van der Waals surface area contributed by atoms with Crippen LogP contribution in [0.25, 0.3) is 0 Å². The number of hydrogen-bond acceptors (Lipinski definition) is 4. The van der Waals surface area contributed by atoms with Crippen molar-refractivity contribution in [3.05, 3.63) is 42.6 Å². The van der Waals surface area contributed by atoms with Gasteiger partial charge in [0.2, 0.25) is 5.91 Å².